The van der Waals surface area contributed by atoms with E-state index in [9.17, 15) is 18.0 Å². The Bertz CT molecular complexity index is 1430. The molecule has 3 aromatic carbocycles. The summed E-state index contributed by atoms with van der Waals surface area (Å²) in [5.41, 5.74) is 3.02. The van der Waals surface area contributed by atoms with Crippen molar-refractivity contribution in [1.29, 1.82) is 0 Å². The monoisotopic (exact) mass is 633 g/mol. The summed E-state index contributed by atoms with van der Waals surface area (Å²) < 4.78 is 29.7. The van der Waals surface area contributed by atoms with Crippen molar-refractivity contribution in [2.45, 2.75) is 58.1 Å². The largest absolute Gasteiger partial charge is 0.352 e. The van der Waals surface area contributed by atoms with E-state index < -0.39 is 28.5 Å². The average Bonchev–Trinajstić information content (AvgIpc) is 2.88. The topological polar surface area (TPSA) is 86.8 Å². The molecule has 3 rings (SSSR count). The van der Waals surface area contributed by atoms with Crippen molar-refractivity contribution in [3.05, 3.63) is 92.9 Å². The molecule has 39 heavy (non-hydrogen) atoms. The first-order valence-corrected chi connectivity index (χ1v) is 15.1. The molecule has 2 amide bonds. The molecule has 1 N–H and O–H groups in total. The Balaban J connectivity index is 2.05. The Morgan fingerprint density at radius 3 is 2.10 bits per heavy atom. The lowest BCUT2D eigenvalue weighted by Gasteiger charge is -2.32. The van der Waals surface area contributed by atoms with Gasteiger partial charge in [-0.2, -0.15) is 0 Å². The maximum atomic E-state index is 13.9. The number of aryl methyl sites for hydroxylation is 2. The number of amides is 2. The summed E-state index contributed by atoms with van der Waals surface area (Å²) in [6.07, 6.45) is 0. The van der Waals surface area contributed by atoms with Gasteiger partial charge in [0.2, 0.25) is 11.8 Å². The third kappa shape index (κ3) is 7.84. The van der Waals surface area contributed by atoms with Crippen molar-refractivity contribution in [3.63, 3.8) is 0 Å². The van der Waals surface area contributed by atoms with Gasteiger partial charge in [-0.15, -0.1) is 0 Å². The number of halogens is 2. The maximum Gasteiger partial charge on any atom is 0.264 e. The van der Waals surface area contributed by atoms with Crippen LogP contribution in [0.25, 0.3) is 0 Å². The van der Waals surface area contributed by atoms with E-state index in [1.807, 2.05) is 58.0 Å². The Morgan fingerprint density at radius 1 is 0.923 bits per heavy atom. The van der Waals surface area contributed by atoms with E-state index in [1.165, 1.54) is 29.2 Å². The second kappa shape index (κ2) is 13.0. The molecular formula is C29H33BrClN3O4S. The summed E-state index contributed by atoms with van der Waals surface area (Å²) >= 11 is 9.41. The van der Waals surface area contributed by atoms with E-state index in [-0.39, 0.29) is 23.4 Å². The Hall–Kier alpha value is -2.88. The van der Waals surface area contributed by atoms with Crippen LogP contribution in [0.4, 0.5) is 5.69 Å². The van der Waals surface area contributed by atoms with E-state index in [2.05, 4.69) is 21.2 Å². The van der Waals surface area contributed by atoms with Crippen LogP contribution < -0.4 is 9.62 Å². The molecule has 0 aromatic heterocycles. The van der Waals surface area contributed by atoms with Gasteiger partial charge in [0.15, 0.2) is 0 Å². The van der Waals surface area contributed by atoms with Crippen molar-refractivity contribution in [1.82, 2.24) is 10.2 Å². The lowest BCUT2D eigenvalue weighted by Crippen LogP contribution is -2.52. The number of nitrogens with one attached hydrogen (secondary N) is 1. The van der Waals surface area contributed by atoms with Gasteiger partial charge in [-0.25, -0.2) is 8.42 Å². The number of carbonyl (C=O) groups is 2. The van der Waals surface area contributed by atoms with E-state index in [4.69, 9.17) is 11.6 Å². The normalized spacial score (nSPS) is 12.2. The SMILES string of the molecule is Cc1ccc(N(CC(=O)N(Cc2ccc(Br)cc2)[C@H](C)C(=O)NC(C)C)S(=O)(=O)c2ccc(Cl)cc2)cc1C. The molecule has 7 nitrogen and oxygen atoms in total. The summed E-state index contributed by atoms with van der Waals surface area (Å²) in [5, 5.41) is 3.24. The minimum atomic E-state index is -4.15. The fourth-order valence-electron chi connectivity index (χ4n) is 3.92. The summed E-state index contributed by atoms with van der Waals surface area (Å²) in [7, 11) is -4.15. The van der Waals surface area contributed by atoms with Crippen molar-refractivity contribution >= 4 is 55.1 Å². The zero-order chi connectivity index (χ0) is 28.9. The molecule has 208 valence electrons. The van der Waals surface area contributed by atoms with Gasteiger partial charge in [0.05, 0.1) is 10.6 Å². The molecule has 0 aliphatic carbocycles. The van der Waals surface area contributed by atoms with E-state index in [0.29, 0.717) is 10.7 Å². The highest BCUT2D eigenvalue weighted by atomic mass is 79.9. The van der Waals surface area contributed by atoms with Crippen LogP contribution in [0.2, 0.25) is 5.02 Å². The van der Waals surface area contributed by atoms with Crippen molar-refractivity contribution < 1.29 is 18.0 Å². The minimum Gasteiger partial charge on any atom is -0.352 e. The predicted octanol–water partition coefficient (Wildman–Crippen LogP) is 5.86. The third-order valence-corrected chi connectivity index (χ3v) is 8.89. The zero-order valence-electron chi connectivity index (χ0n) is 22.6. The zero-order valence-corrected chi connectivity index (χ0v) is 25.8. The third-order valence-electron chi connectivity index (χ3n) is 6.32. The van der Waals surface area contributed by atoms with Gasteiger partial charge in [-0.05, 0) is 99.8 Å². The quantitative estimate of drug-likeness (QED) is 0.303. The standard InChI is InChI=1S/C29H33BrClN3O4S/c1-19(2)32-29(36)22(5)33(17-23-7-9-24(30)10-8-23)28(35)18-34(26-13-6-20(3)21(4)16-26)39(37,38)27-14-11-25(31)12-15-27/h6-16,19,22H,17-18H2,1-5H3,(H,32,36)/t22-/m1/s1. The second-order valence-corrected chi connectivity index (χ2v) is 12.9. The number of benzene rings is 3. The second-order valence-electron chi connectivity index (χ2n) is 9.72. The smallest absolute Gasteiger partial charge is 0.264 e. The molecule has 0 saturated carbocycles. The van der Waals surface area contributed by atoms with Gasteiger partial charge in [0.25, 0.3) is 10.0 Å². The van der Waals surface area contributed by atoms with Crippen LogP contribution in [0.15, 0.2) is 76.1 Å². The van der Waals surface area contributed by atoms with E-state index in [1.54, 1.807) is 19.1 Å². The Morgan fingerprint density at radius 2 is 1.54 bits per heavy atom. The lowest BCUT2D eigenvalue weighted by molar-refractivity contribution is -0.139. The molecule has 1 atom stereocenters. The molecule has 0 saturated heterocycles. The van der Waals surface area contributed by atoms with Gasteiger partial charge in [-0.1, -0.05) is 45.7 Å². The number of hydrogen-bond acceptors (Lipinski definition) is 4. The van der Waals surface area contributed by atoms with Gasteiger partial charge < -0.3 is 10.2 Å². The van der Waals surface area contributed by atoms with Crippen LogP contribution in [-0.2, 0) is 26.2 Å². The van der Waals surface area contributed by atoms with Crippen LogP contribution >= 0.6 is 27.5 Å². The maximum absolute atomic E-state index is 13.9. The van der Waals surface area contributed by atoms with Gasteiger partial charge in [0.1, 0.15) is 12.6 Å². The summed E-state index contributed by atoms with van der Waals surface area (Å²) in [6, 6.07) is 17.5. The molecule has 3 aromatic rings. The number of rotatable bonds is 10. The van der Waals surface area contributed by atoms with Gasteiger partial charge >= 0.3 is 0 Å². The molecule has 0 spiro atoms. The van der Waals surface area contributed by atoms with Crippen LogP contribution in [-0.4, -0.2) is 43.8 Å². The van der Waals surface area contributed by atoms with Crippen molar-refractivity contribution in [2.24, 2.45) is 0 Å². The molecular weight excluding hydrogens is 602 g/mol. The molecule has 0 aliphatic heterocycles. The number of nitrogens with zero attached hydrogens (tertiary/aromatic N) is 2. The van der Waals surface area contributed by atoms with Crippen LogP contribution in [0, 0.1) is 13.8 Å². The fourth-order valence-corrected chi connectivity index (χ4v) is 5.71. The Kier molecular flexibility index (Phi) is 10.2. The minimum absolute atomic E-state index is 0.00277. The summed E-state index contributed by atoms with van der Waals surface area (Å²) in [5.74, 6) is -0.839. The predicted molar refractivity (Wildman–Crippen MR) is 159 cm³/mol. The first kappa shape index (κ1) is 30.7. The number of hydrogen-bond donors (Lipinski definition) is 1. The van der Waals surface area contributed by atoms with Gasteiger partial charge in [0, 0.05) is 22.1 Å². The molecule has 0 unspecified atom stereocenters. The molecule has 0 heterocycles. The van der Waals surface area contributed by atoms with E-state index in [0.717, 1.165) is 25.5 Å². The summed E-state index contributed by atoms with van der Waals surface area (Å²) in [6.45, 7) is 8.76. The molecule has 10 heteroatoms. The highest BCUT2D eigenvalue weighted by molar-refractivity contribution is 9.10. The van der Waals surface area contributed by atoms with Gasteiger partial charge in [-0.3, -0.25) is 13.9 Å². The highest BCUT2D eigenvalue weighted by Crippen LogP contribution is 2.27. The van der Waals surface area contributed by atoms with Crippen LogP contribution in [0.1, 0.15) is 37.5 Å². The number of anilines is 1. The highest BCUT2D eigenvalue weighted by Gasteiger charge is 2.32. The average molecular weight is 635 g/mol. The molecule has 0 fully saturated rings. The summed E-state index contributed by atoms with van der Waals surface area (Å²) in [4.78, 5) is 28.3. The van der Waals surface area contributed by atoms with E-state index >= 15 is 0 Å². The molecule has 0 bridgehead atoms. The first-order chi connectivity index (χ1) is 18.3. The Labute approximate surface area is 244 Å². The number of carbonyl (C=O) groups excluding carboxylic acids is 2. The van der Waals surface area contributed by atoms with Crippen LogP contribution in [0.3, 0.4) is 0 Å². The number of sulfonamides is 1. The van der Waals surface area contributed by atoms with Crippen molar-refractivity contribution in [3.8, 4) is 0 Å². The first-order valence-electron chi connectivity index (χ1n) is 12.5. The molecule has 0 radical (unpaired) electrons. The van der Waals surface area contributed by atoms with Crippen molar-refractivity contribution in [2.75, 3.05) is 10.8 Å². The van der Waals surface area contributed by atoms with Crippen LogP contribution in [0.5, 0.6) is 0 Å². The fraction of sp³-hybridized carbons (Fsp3) is 0.310. The lowest BCUT2D eigenvalue weighted by atomic mass is 10.1. The molecule has 0 aliphatic rings.